The zero-order valence-electron chi connectivity index (χ0n) is 9.64. The molecule has 0 saturated carbocycles. The molecular weight excluding hydrogens is 238 g/mol. The Morgan fingerprint density at radius 1 is 1.29 bits per heavy atom. The van der Waals surface area contributed by atoms with Crippen LogP contribution in [0.2, 0.25) is 0 Å². The number of rotatable bonds is 4. The molecule has 0 bridgehead atoms. The molecule has 0 aliphatic heterocycles. The van der Waals surface area contributed by atoms with E-state index in [9.17, 15) is 0 Å². The molecule has 2 rings (SSSR count). The summed E-state index contributed by atoms with van der Waals surface area (Å²) in [4.78, 5) is 4.31. The van der Waals surface area contributed by atoms with Crippen LogP contribution in [0.3, 0.4) is 0 Å². The third-order valence-electron chi connectivity index (χ3n) is 2.35. The third-order valence-corrected chi connectivity index (χ3v) is 3.28. The van der Waals surface area contributed by atoms with E-state index in [2.05, 4.69) is 4.98 Å². The van der Waals surface area contributed by atoms with Crippen LogP contribution in [-0.2, 0) is 6.61 Å². The lowest BCUT2D eigenvalue weighted by atomic mass is 10.2. The molecule has 0 atom stereocenters. The number of aliphatic hydroxyl groups is 1. The van der Waals surface area contributed by atoms with Gasteiger partial charge in [-0.15, -0.1) is 11.3 Å². The van der Waals surface area contributed by atoms with Gasteiger partial charge in [-0.05, 0) is 12.1 Å². The van der Waals surface area contributed by atoms with Crippen molar-refractivity contribution >= 4 is 11.3 Å². The van der Waals surface area contributed by atoms with Crippen molar-refractivity contribution in [3.05, 3.63) is 29.3 Å². The van der Waals surface area contributed by atoms with Crippen molar-refractivity contribution in [2.75, 3.05) is 14.2 Å². The third kappa shape index (κ3) is 2.40. The Bertz CT molecular complexity index is 510. The van der Waals surface area contributed by atoms with E-state index in [1.165, 1.54) is 11.3 Å². The van der Waals surface area contributed by atoms with Gasteiger partial charge in [-0.1, -0.05) is 0 Å². The summed E-state index contributed by atoms with van der Waals surface area (Å²) in [7, 11) is 3.22. The number of ether oxygens (including phenoxy) is 2. The van der Waals surface area contributed by atoms with Crippen molar-refractivity contribution < 1.29 is 14.6 Å². The lowest BCUT2D eigenvalue weighted by Crippen LogP contribution is -1.90. The number of nitrogens with zero attached hydrogens (tertiary/aromatic N) is 1. The van der Waals surface area contributed by atoms with Crippen molar-refractivity contribution in [3.8, 4) is 22.1 Å². The fraction of sp³-hybridized carbons (Fsp3) is 0.250. The second kappa shape index (κ2) is 5.16. The van der Waals surface area contributed by atoms with Crippen LogP contribution in [-0.4, -0.2) is 24.3 Å². The molecule has 2 aromatic rings. The molecule has 1 heterocycles. The number of hydrogen-bond acceptors (Lipinski definition) is 5. The van der Waals surface area contributed by atoms with E-state index < -0.39 is 0 Å². The van der Waals surface area contributed by atoms with Gasteiger partial charge in [0.25, 0.3) is 0 Å². The highest BCUT2D eigenvalue weighted by Gasteiger charge is 2.11. The van der Waals surface area contributed by atoms with Crippen LogP contribution in [0.4, 0.5) is 0 Å². The van der Waals surface area contributed by atoms with Gasteiger partial charge < -0.3 is 14.6 Å². The summed E-state index contributed by atoms with van der Waals surface area (Å²) < 4.78 is 10.4. The van der Waals surface area contributed by atoms with Gasteiger partial charge in [-0.3, -0.25) is 0 Å². The molecule has 90 valence electrons. The van der Waals surface area contributed by atoms with Crippen LogP contribution >= 0.6 is 11.3 Å². The molecule has 0 aliphatic carbocycles. The van der Waals surface area contributed by atoms with Crippen molar-refractivity contribution in [2.45, 2.75) is 6.61 Å². The van der Waals surface area contributed by atoms with Gasteiger partial charge in [-0.25, -0.2) is 4.98 Å². The summed E-state index contributed by atoms with van der Waals surface area (Å²) in [5.41, 5.74) is 1.57. The molecule has 0 aliphatic rings. The highest BCUT2D eigenvalue weighted by molar-refractivity contribution is 7.13. The molecule has 0 spiro atoms. The van der Waals surface area contributed by atoms with E-state index in [-0.39, 0.29) is 6.61 Å². The Morgan fingerprint density at radius 2 is 2.12 bits per heavy atom. The molecule has 0 saturated heterocycles. The van der Waals surface area contributed by atoms with E-state index in [1.807, 2.05) is 23.6 Å². The highest BCUT2D eigenvalue weighted by Crippen LogP contribution is 2.34. The van der Waals surface area contributed by atoms with Gasteiger partial charge in [0.2, 0.25) is 0 Å². The van der Waals surface area contributed by atoms with E-state index in [0.29, 0.717) is 11.4 Å². The summed E-state index contributed by atoms with van der Waals surface area (Å²) in [5, 5.41) is 11.7. The van der Waals surface area contributed by atoms with E-state index in [1.54, 1.807) is 14.2 Å². The number of thiazole rings is 1. The smallest absolute Gasteiger partial charge is 0.132 e. The number of benzene rings is 1. The first kappa shape index (κ1) is 11.9. The normalized spacial score (nSPS) is 10.3. The average Bonchev–Trinajstić information content (AvgIpc) is 2.86. The molecule has 5 heteroatoms. The Labute approximate surface area is 103 Å². The molecule has 17 heavy (non-hydrogen) atoms. The van der Waals surface area contributed by atoms with Crippen LogP contribution in [0.25, 0.3) is 10.6 Å². The lowest BCUT2D eigenvalue weighted by molar-refractivity contribution is 0.278. The Kier molecular flexibility index (Phi) is 3.61. The maximum atomic E-state index is 9.00. The summed E-state index contributed by atoms with van der Waals surface area (Å²) in [6.07, 6.45) is 0. The first-order chi connectivity index (χ1) is 8.28. The van der Waals surface area contributed by atoms with Crippen molar-refractivity contribution in [1.29, 1.82) is 0 Å². The Balaban J connectivity index is 2.43. The molecule has 4 nitrogen and oxygen atoms in total. The van der Waals surface area contributed by atoms with Crippen LogP contribution < -0.4 is 9.47 Å². The van der Waals surface area contributed by atoms with Gasteiger partial charge in [-0.2, -0.15) is 0 Å². The summed E-state index contributed by atoms with van der Waals surface area (Å²) in [6, 6.07) is 5.57. The van der Waals surface area contributed by atoms with Crippen LogP contribution in [0.15, 0.2) is 23.6 Å². The number of methoxy groups -OCH3 is 2. The monoisotopic (exact) mass is 251 g/mol. The molecule has 1 N–H and O–H groups in total. The number of aromatic nitrogens is 1. The summed E-state index contributed by atoms with van der Waals surface area (Å²) in [6.45, 7) is -0.0467. The minimum Gasteiger partial charge on any atom is -0.497 e. The van der Waals surface area contributed by atoms with Gasteiger partial charge in [0.1, 0.15) is 16.5 Å². The number of aliphatic hydroxyl groups excluding tert-OH is 1. The molecule has 0 unspecified atom stereocenters. The SMILES string of the molecule is COc1ccc(-c2nc(CO)cs2)c(OC)c1. The van der Waals surface area contributed by atoms with Gasteiger partial charge in [0.15, 0.2) is 0 Å². The quantitative estimate of drug-likeness (QED) is 0.906. The van der Waals surface area contributed by atoms with E-state index in [4.69, 9.17) is 14.6 Å². The largest absolute Gasteiger partial charge is 0.497 e. The van der Waals surface area contributed by atoms with Crippen LogP contribution in [0, 0.1) is 0 Å². The van der Waals surface area contributed by atoms with Crippen molar-refractivity contribution in [1.82, 2.24) is 4.98 Å². The molecule has 0 amide bonds. The highest BCUT2D eigenvalue weighted by atomic mass is 32.1. The first-order valence-corrected chi connectivity index (χ1v) is 5.94. The molecule has 0 fully saturated rings. The minimum absolute atomic E-state index is 0.0467. The fourth-order valence-electron chi connectivity index (χ4n) is 1.48. The maximum Gasteiger partial charge on any atom is 0.132 e. The fourth-order valence-corrected chi connectivity index (χ4v) is 2.32. The predicted octanol–water partition coefficient (Wildman–Crippen LogP) is 2.32. The topological polar surface area (TPSA) is 51.6 Å². The second-order valence-electron chi connectivity index (χ2n) is 3.37. The average molecular weight is 251 g/mol. The molecular formula is C12H13NO3S. The van der Waals surface area contributed by atoms with Crippen LogP contribution in [0.1, 0.15) is 5.69 Å². The zero-order chi connectivity index (χ0) is 12.3. The summed E-state index contributed by atoms with van der Waals surface area (Å²) in [5.74, 6) is 1.45. The molecule has 0 radical (unpaired) electrons. The van der Waals surface area contributed by atoms with Gasteiger partial charge >= 0.3 is 0 Å². The lowest BCUT2D eigenvalue weighted by Gasteiger charge is -2.08. The van der Waals surface area contributed by atoms with Crippen molar-refractivity contribution in [3.63, 3.8) is 0 Å². The zero-order valence-corrected chi connectivity index (χ0v) is 10.5. The molecule has 1 aromatic heterocycles. The minimum atomic E-state index is -0.0467. The maximum absolute atomic E-state index is 9.00. The first-order valence-electron chi connectivity index (χ1n) is 5.06. The van der Waals surface area contributed by atoms with Crippen LogP contribution in [0.5, 0.6) is 11.5 Å². The molecule has 1 aromatic carbocycles. The number of hydrogen-bond donors (Lipinski definition) is 1. The van der Waals surface area contributed by atoms with E-state index >= 15 is 0 Å². The second-order valence-corrected chi connectivity index (χ2v) is 4.23. The van der Waals surface area contributed by atoms with Crippen molar-refractivity contribution in [2.24, 2.45) is 0 Å². The Hall–Kier alpha value is -1.59. The Morgan fingerprint density at radius 3 is 2.71 bits per heavy atom. The van der Waals surface area contributed by atoms with Gasteiger partial charge in [0.05, 0.1) is 32.1 Å². The van der Waals surface area contributed by atoms with E-state index in [0.717, 1.165) is 16.3 Å². The predicted molar refractivity (Wildman–Crippen MR) is 66.6 cm³/mol. The standard InChI is InChI=1S/C12H13NO3S/c1-15-9-3-4-10(11(5-9)16-2)12-13-8(6-14)7-17-12/h3-5,7,14H,6H2,1-2H3. The van der Waals surface area contributed by atoms with Gasteiger partial charge in [0, 0.05) is 11.4 Å². The summed E-state index contributed by atoms with van der Waals surface area (Å²) >= 11 is 1.48.